The summed E-state index contributed by atoms with van der Waals surface area (Å²) in [7, 11) is 3.72. The number of carbonyl (C=O) groups is 3. The van der Waals surface area contributed by atoms with E-state index in [0.717, 1.165) is 0 Å². The molecule has 0 aromatic carbocycles. The molecule has 4 fully saturated rings. The first-order chi connectivity index (χ1) is 20.4. The van der Waals surface area contributed by atoms with E-state index in [1.165, 1.54) is 6.92 Å². The summed E-state index contributed by atoms with van der Waals surface area (Å²) in [6.07, 6.45) is -8.21. The van der Waals surface area contributed by atoms with E-state index in [0.29, 0.717) is 6.42 Å². The van der Waals surface area contributed by atoms with Crippen LogP contribution in [-0.2, 0) is 38.0 Å². The van der Waals surface area contributed by atoms with Crippen molar-refractivity contribution in [3.05, 3.63) is 0 Å². The molecule has 13 heteroatoms. The van der Waals surface area contributed by atoms with Crippen LogP contribution in [0.25, 0.3) is 0 Å². The monoisotopic (exact) mass is 629 g/mol. The fourth-order valence-corrected chi connectivity index (χ4v) is 7.82. The summed E-state index contributed by atoms with van der Waals surface area (Å²) in [5.41, 5.74) is -2.78. The quantitative estimate of drug-likeness (QED) is 0.345. The zero-order valence-corrected chi connectivity index (χ0v) is 27.6. The van der Waals surface area contributed by atoms with E-state index < -0.39 is 90.1 Å². The summed E-state index contributed by atoms with van der Waals surface area (Å²) in [6.45, 7) is 13.9. The molecule has 2 N–H and O–H groups in total. The van der Waals surface area contributed by atoms with Crippen LogP contribution in [0.15, 0.2) is 0 Å². The van der Waals surface area contributed by atoms with E-state index in [9.17, 15) is 24.6 Å². The topological polar surface area (TPSA) is 160 Å². The molecule has 15 atom stereocenters. The van der Waals surface area contributed by atoms with E-state index in [2.05, 4.69) is 0 Å². The van der Waals surface area contributed by atoms with Gasteiger partial charge in [-0.1, -0.05) is 27.7 Å². The number of cyclic esters (lactones) is 1. The molecule has 0 aromatic rings. The first kappa shape index (κ1) is 34.7. The number of aliphatic hydroxyl groups excluding tert-OH is 2. The van der Waals surface area contributed by atoms with Crippen LogP contribution in [0.1, 0.15) is 74.7 Å². The van der Waals surface area contributed by atoms with Crippen molar-refractivity contribution >= 4 is 18.3 Å². The summed E-state index contributed by atoms with van der Waals surface area (Å²) in [6, 6.07) is -0.273. The Balaban J connectivity index is 1.80. The van der Waals surface area contributed by atoms with Gasteiger partial charge in [-0.3, -0.25) is 4.79 Å². The lowest BCUT2D eigenvalue weighted by Gasteiger charge is -2.47. The number of hydrogen-bond acceptors (Lipinski definition) is 13. The van der Waals surface area contributed by atoms with Crippen LogP contribution in [0.5, 0.6) is 0 Å². The predicted octanol–water partition coefficient (Wildman–Crippen LogP) is 3.02. The second-order valence-electron chi connectivity index (χ2n) is 14.0. The van der Waals surface area contributed by atoms with Crippen molar-refractivity contribution in [2.45, 2.75) is 141 Å². The van der Waals surface area contributed by atoms with E-state index in [1.54, 1.807) is 34.6 Å². The number of hydrogen-bond donors (Lipinski definition) is 2. The highest BCUT2D eigenvalue weighted by Gasteiger charge is 2.60. The van der Waals surface area contributed by atoms with Gasteiger partial charge in [0.15, 0.2) is 18.0 Å². The van der Waals surface area contributed by atoms with E-state index in [-0.39, 0.29) is 30.9 Å². The summed E-state index contributed by atoms with van der Waals surface area (Å²) >= 11 is 0. The van der Waals surface area contributed by atoms with Crippen LogP contribution < -0.4 is 0 Å². The second kappa shape index (κ2) is 12.9. The third kappa shape index (κ3) is 6.40. The lowest BCUT2D eigenvalue weighted by molar-refractivity contribution is -0.298. The molecule has 13 nitrogen and oxygen atoms in total. The number of nitrogens with zero attached hydrogens (tertiary/aromatic N) is 1. The van der Waals surface area contributed by atoms with Gasteiger partial charge in [0.25, 0.3) is 0 Å². The zero-order chi connectivity index (χ0) is 32.9. The fraction of sp³-hybridized carbons (Fsp3) is 0.903. The highest BCUT2D eigenvalue weighted by Crippen LogP contribution is 2.45. The summed E-state index contributed by atoms with van der Waals surface area (Å²) < 4.78 is 41.7. The van der Waals surface area contributed by atoms with Gasteiger partial charge in [0.05, 0.1) is 18.1 Å². The Morgan fingerprint density at radius 3 is 2.16 bits per heavy atom. The van der Waals surface area contributed by atoms with Gasteiger partial charge in [0, 0.05) is 17.9 Å². The molecule has 1 unspecified atom stereocenters. The maximum Gasteiger partial charge on any atom is 0.509 e. The van der Waals surface area contributed by atoms with Gasteiger partial charge in [-0.15, -0.1) is 0 Å². The van der Waals surface area contributed by atoms with Crippen LogP contribution in [0, 0.1) is 23.7 Å². The minimum atomic E-state index is -1.39. The molecule has 0 spiro atoms. The van der Waals surface area contributed by atoms with Gasteiger partial charge in [-0.2, -0.15) is 0 Å². The molecule has 4 aliphatic rings. The first-order valence-electron chi connectivity index (χ1n) is 15.8. The molecule has 0 aliphatic carbocycles. The lowest BCUT2D eigenvalue weighted by atomic mass is 9.73. The van der Waals surface area contributed by atoms with Crippen LogP contribution >= 0.6 is 0 Å². The minimum Gasteiger partial charge on any atom is -0.458 e. The molecule has 4 heterocycles. The zero-order valence-electron chi connectivity index (χ0n) is 27.6. The Bertz CT molecular complexity index is 1070. The third-order valence-corrected chi connectivity index (χ3v) is 10.3. The molecule has 4 saturated heterocycles. The molecule has 4 rings (SSSR count). The average Bonchev–Trinajstić information content (AvgIpc) is 3.19. The first-order valence-corrected chi connectivity index (χ1v) is 15.8. The van der Waals surface area contributed by atoms with Crippen molar-refractivity contribution < 1.29 is 57.8 Å². The molecule has 0 aromatic heterocycles. The number of rotatable bonds is 4. The molecule has 4 aliphatic heterocycles. The van der Waals surface area contributed by atoms with Crippen LogP contribution in [0.4, 0.5) is 9.59 Å². The number of esters is 1. The molecule has 0 saturated carbocycles. The number of ether oxygens (including phenoxy) is 7. The number of fused-ring (bicyclic) bond motifs is 4. The van der Waals surface area contributed by atoms with Crippen molar-refractivity contribution in [3.8, 4) is 0 Å². The van der Waals surface area contributed by atoms with E-state index in [4.69, 9.17) is 33.2 Å². The smallest absolute Gasteiger partial charge is 0.458 e. The van der Waals surface area contributed by atoms with Crippen molar-refractivity contribution in [2.75, 3.05) is 14.1 Å². The van der Waals surface area contributed by atoms with Crippen molar-refractivity contribution in [2.24, 2.45) is 23.7 Å². The Kier molecular flexibility index (Phi) is 10.2. The van der Waals surface area contributed by atoms with E-state index in [1.807, 2.05) is 32.8 Å². The van der Waals surface area contributed by atoms with Crippen molar-refractivity contribution in [1.82, 2.24) is 4.90 Å². The Morgan fingerprint density at radius 1 is 0.909 bits per heavy atom. The molecular formula is C31H51NO12. The molecule has 2 bridgehead atoms. The van der Waals surface area contributed by atoms with Gasteiger partial charge < -0.3 is 48.3 Å². The predicted molar refractivity (Wildman–Crippen MR) is 154 cm³/mol. The van der Waals surface area contributed by atoms with Gasteiger partial charge in [-0.05, 0) is 67.0 Å². The average molecular weight is 630 g/mol. The number of carbonyl (C=O) groups excluding carboxylic acids is 3. The normalized spacial score (nSPS) is 48.7. The van der Waals surface area contributed by atoms with Gasteiger partial charge >= 0.3 is 18.3 Å². The van der Waals surface area contributed by atoms with Gasteiger partial charge in [-0.25, -0.2) is 9.59 Å². The van der Waals surface area contributed by atoms with E-state index >= 15 is 0 Å². The van der Waals surface area contributed by atoms with Crippen LogP contribution in [0.2, 0.25) is 0 Å². The molecule has 252 valence electrons. The maximum atomic E-state index is 13.5. The highest BCUT2D eigenvalue weighted by molar-refractivity contribution is 5.73. The SMILES string of the molecule is CC[C@H]1OC(=O)[C@H](C)[C@@H](O)[C@H](C)[C@@H](OC2O[C@H](C)C[C@H](N(C)C)[C@H]2O)[C@@]2(C)C[C@@H](C)[C@H](OC(=O)O2)[C@H](C)[C@H]2OC(=O)O[C@@]21C. The molecule has 0 radical (unpaired) electrons. The maximum absolute atomic E-state index is 13.5. The van der Waals surface area contributed by atoms with Gasteiger partial charge in [0.2, 0.25) is 0 Å². The highest BCUT2D eigenvalue weighted by atomic mass is 16.8. The summed E-state index contributed by atoms with van der Waals surface area (Å²) in [4.78, 5) is 41.3. The molecule has 44 heavy (non-hydrogen) atoms. The Labute approximate surface area is 259 Å². The molecule has 0 amide bonds. The largest absolute Gasteiger partial charge is 0.509 e. The summed E-state index contributed by atoms with van der Waals surface area (Å²) in [5.74, 6) is -3.51. The standard InChI is InChI=1S/C31H51NO12/c1-11-20-31(8)25(42-29(37)44-31)18(6)23-14(2)13-30(7,43-28(36)40-23)24(16(4)21(33)17(5)26(35)39-20)41-27-22(34)19(32(9)10)12-15(3)38-27/h14-25,27,33-34H,11-13H2,1-10H3/t14-,15-,16+,17-,18+,19+,20-,21+,22-,23+,24-,25-,27?,30-,31-/m1/s1. The minimum absolute atomic E-state index is 0.221. The molecular weight excluding hydrogens is 578 g/mol. The second-order valence-corrected chi connectivity index (χ2v) is 14.0. The third-order valence-electron chi connectivity index (χ3n) is 10.3. The van der Waals surface area contributed by atoms with Crippen molar-refractivity contribution in [1.29, 1.82) is 0 Å². The Hall–Kier alpha value is -2.19. The van der Waals surface area contributed by atoms with Crippen molar-refractivity contribution in [3.63, 3.8) is 0 Å². The number of aliphatic hydroxyl groups is 2. The lowest BCUT2D eigenvalue weighted by Crippen LogP contribution is -2.60. The summed E-state index contributed by atoms with van der Waals surface area (Å²) in [5, 5.41) is 22.9. The van der Waals surface area contributed by atoms with Crippen LogP contribution in [-0.4, -0.2) is 114 Å². The van der Waals surface area contributed by atoms with Crippen LogP contribution in [0.3, 0.4) is 0 Å². The number of likely N-dealkylation sites (N-methyl/N-ethyl adjacent to an activating group) is 1. The fourth-order valence-electron chi connectivity index (χ4n) is 7.82. The Morgan fingerprint density at radius 2 is 1.55 bits per heavy atom. The van der Waals surface area contributed by atoms with Gasteiger partial charge in [0.1, 0.15) is 30.0 Å².